The molecule has 102 valence electrons. The number of hydrogen-bond acceptors (Lipinski definition) is 2. The zero-order chi connectivity index (χ0) is 13.0. The third-order valence-electron chi connectivity index (χ3n) is 3.82. The average molecular weight is 242 g/mol. The number of aliphatic hydroxyl groups is 1. The number of rotatable bonds is 8. The summed E-state index contributed by atoms with van der Waals surface area (Å²) in [6.45, 7) is 11.8. The highest BCUT2D eigenvalue weighted by atomic mass is 16.6. The van der Waals surface area contributed by atoms with E-state index in [4.69, 9.17) is 9.84 Å². The fourth-order valence-corrected chi connectivity index (χ4v) is 3.26. The van der Waals surface area contributed by atoms with Gasteiger partial charge in [-0.05, 0) is 42.9 Å². The lowest BCUT2D eigenvalue weighted by atomic mass is 9.85. The molecule has 0 aliphatic carbocycles. The van der Waals surface area contributed by atoms with Crippen LogP contribution in [0.15, 0.2) is 0 Å². The van der Waals surface area contributed by atoms with Crippen molar-refractivity contribution in [3.8, 4) is 0 Å². The summed E-state index contributed by atoms with van der Waals surface area (Å²) >= 11 is 0. The first kappa shape index (κ1) is 15.0. The Hall–Kier alpha value is -0.0800. The molecule has 0 radical (unpaired) electrons. The summed E-state index contributed by atoms with van der Waals surface area (Å²) in [7, 11) is 0. The Morgan fingerprint density at radius 1 is 0.941 bits per heavy atom. The van der Waals surface area contributed by atoms with Gasteiger partial charge in [-0.25, -0.2) is 0 Å². The third kappa shape index (κ3) is 5.39. The van der Waals surface area contributed by atoms with Gasteiger partial charge in [0, 0.05) is 0 Å². The molecule has 0 unspecified atom stereocenters. The van der Waals surface area contributed by atoms with Gasteiger partial charge in [-0.15, -0.1) is 0 Å². The van der Waals surface area contributed by atoms with Gasteiger partial charge in [0.05, 0.1) is 12.7 Å². The van der Waals surface area contributed by atoms with Gasteiger partial charge in [-0.2, -0.15) is 0 Å². The van der Waals surface area contributed by atoms with E-state index in [1.165, 1.54) is 19.3 Å². The van der Waals surface area contributed by atoms with Crippen LogP contribution in [0.25, 0.3) is 0 Å². The summed E-state index contributed by atoms with van der Waals surface area (Å²) < 4.78 is 5.45. The number of aliphatic hydroxyl groups excluding tert-OH is 1. The van der Waals surface area contributed by atoms with Gasteiger partial charge in [0.25, 0.3) is 0 Å². The second kappa shape index (κ2) is 6.75. The first-order valence-corrected chi connectivity index (χ1v) is 7.20. The van der Waals surface area contributed by atoms with E-state index < -0.39 is 0 Å². The van der Waals surface area contributed by atoms with E-state index in [-0.39, 0.29) is 12.7 Å². The first-order valence-electron chi connectivity index (χ1n) is 7.20. The SMILES string of the molecule is CC(C)C[C@H](C)C[C@H](C)C[C@H](C)[C@H]1O[C@H]1CO. The molecule has 5 atom stereocenters. The second-order valence-electron chi connectivity index (χ2n) is 6.61. The normalized spacial score (nSPS) is 29.1. The standard InChI is InChI=1S/C15H30O2/c1-10(2)6-11(3)7-12(4)8-13(5)15-14(9-16)17-15/h10-16H,6-9H2,1-5H3/t11-,12-,13-,14-,15+/m0/s1. The third-order valence-corrected chi connectivity index (χ3v) is 3.82. The van der Waals surface area contributed by atoms with Crippen molar-refractivity contribution in [2.75, 3.05) is 6.61 Å². The van der Waals surface area contributed by atoms with Gasteiger partial charge in [0.15, 0.2) is 0 Å². The van der Waals surface area contributed by atoms with Crippen molar-refractivity contribution < 1.29 is 9.84 Å². The maximum absolute atomic E-state index is 8.98. The zero-order valence-corrected chi connectivity index (χ0v) is 12.1. The molecule has 0 aromatic heterocycles. The molecule has 1 saturated heterocycles. The van der Waals surface area contributed by atoms with Crippen LogP contribution in [0.1, 0.15) is 53.9 Å². The van der Waals surface area contributed by atoms with E-state index in [1.807, 2.05) is 0 Å². The Kier molecular flexibility index (Phi) is 5.94. The highest BCUT2D eigenvalue weighted by Gasteiger charge is 2.42. The first-order chi connectivity index (χ1) is 7.93. The molecule has 1 N–H and O–H groups in total. The van der Waals surface area contributed by atoms with Gasteiger partial charge in [-0.3, -0.25) is 0 Å². The van der Waals surface area contributed by atoms with Crippen LogP contribution in [0.4, 0.5) is 0 Å². The van der Waals surface area contributed by atoms with Gasteiger partial charge in [-0.1, -0.05) is 34.6 Å². The van der Waals surface area contributed by atoms with Crippen LogP contribution in [0, 0.1) is 23.7 Å². The summed E-state index contributed by atoms with van der Waals surface area (Å²) in [4.78, 5) is 0. The van der Waals surface area contributed by atoms with E-state index >= 15 is 0 Å². The fraction of sp³-hybridized carbons (Fsp3) is 1.00. The molecule has 0 bridgehead atoms. The molecule has 1 heterocycles. The molecule has 2 heteroatoms. The van der Waals surface area contributed by atoms with Crippen LogP contribution in [-0.4, -0.2) is 23.9 Å². The lowest BCUT2D eigenvalue weighted by Gasteiger charge is -2.21. The zero-order valence-electron chi connectivity index (χ0n) is 12.1. The summed E-state index contributed by atoms with van der Waals surface area (Å²) in [6.07, 6.45) is 4.33. The number of hydrogen-bond donors (Lipinski definition) is 1. The van der Waals surface area contributed by atoms with E-state index in [0.29, 0.717) is 12.0 Å². The molecule has 0 aromatic carbocycles. The molecule has 1 fully saturated rings. The molecule has 1 aliphatic heterocycles. The molecular formula is C15H30O2. The molecule has 0 spiro atoms. The van der Waals surface area contributed by atoms with Crippen LogP contribution >= 0.6 is 0 Å². The van der Waals surface area contributed by atoms with Crippen molar-refractivity contribution in [3.63, 3.8) is 0 Å². The predicted molar refractivity (Wildman–Crippen MR) is 71.9 cm³/mol. The highest BCUT2D eigenvalue weighted by molar-refractivity contribution is 4.88. The van der Waals surface area contributed by atoms with Crippen molar-refractivity contribution in [3.05, 3.63) is 0 Å². The lowest BCUT2D eigenvalue weighted by Crippen LogP contribution is -2.15. The lowest BCUT2D eigenvalue weighted by molar-refractivity contribution is 0.235. The van der Waals surface area contributed by atoms with Gasteiger partial charge in [0.2, 0.25) is 0 Å². The van der Waals surface area contributed by atoms with E-state index in [0.717, 1.165) is 17.8 Å². The van der Waals surface area contributed by atoms with Crippen LogP contribution < -0.4 is 0 Å². The van der Waals surface area contributed by atoms with Crippen molar-refractivity contribution in [2.24, 2.45) is 23.7 Å². The molecule has 0 amide bonds. The minimum Gasteiger partial charge on any atom is -0.394 e. The summed E-state index contributed by atoms with van der Waals surface area (Å²) in [5.74, 6) is 2.99. The van der Waals surface area contributed by atoms with Crippen LogP contribution in [0.2, 0.25) is 0 Å². The summed E-state index contributed by atoms with van der Waals surface area (Å²) in [6, 6.07) is 0. The maximum Gasteiger partial charge on any atom is 0.107 e. The Morgan fingerprint density at radius 2 is 1.53 bits per heavy atom. The molecular weight excluding hydrogens is 212 g/mol. The molecule has 17 heavy (non-hydrogen) atoms. The van der Waals surface area contributed by atoms with Crippen molar-refractivity contribution in [2.45, 2.75) is 66.1 Å². The van der Waals surface area contributed by atoms with Crippen LogP contribution in [-0.2, 0) is 4.74 Å². The molecule has 2 nitrogen and oxygen atoms in total. The van der Waals surface area contributed by atoms with Crippen LogP contribution in [0.3, 0.4) is 0 Å². The Bertz CT molecular complexity index is 215. The Labute approximate surface area is 107 Å². The fourth-order valence-electron chi connectivity index (χ4n) is 3.26. The monoisotopic (exact) mass is 242 g/mol. The maximum atomic E-state index is 8.98. The van der Waals surface area contributed by atoms with Gasteiger partial charge < -0.3 is 9.84 Å². The predicted octanol–water partition coefficient (Wildman–Crippen LogP) is 3.48. The van der Waals surface area contributed by atoms with Crippen molar-refractivity contribution in [1.29, 1.82) is 0 Å². The van der Waals surface area contributed by atoms with Crippen molar-refractivity contribution >= 4 is 0 Å². The highest BCUT2D eigenvalue weighted by Crippen LogP contribution is 2.34. The Balaban J connectivity index is 2.18. The second-order valence-corrected chi connectivity index (χ2v) is 6.61. The Morgan fingerprint density at radius 3 is 2.00 bits per heavy atom. The van der Waals surface area contributed by atoms with E-state index in [2.05, 4.69) is 34.6 Å². The average Bonchev–Trinajstić information content (AvgIpc) is 2.94. The number of epoxide rings is 1. The summed E-state index contributed by atoms with van der Waals surface area (Å²) in [5.41, 5.74) is 0. The summed E-state index contributed by atoms with van der Waals surface area (Å²) in [5, 5.41) is 8.98. The topological polar surface area (TPSA) is 32.8 Å². The quantitative estimate of drug-likeness (QED) is 0.661. The van der Waals surface area contributed by atoms with Crippen molar-refractivity contribution in [1.82, 2.24) is 0 Å². The largest absolute Gasteiger partial charge is 0.394 e. The molecule has 1 rings (SSSR count). The van der Waals surface area contributed by atoms with Gasteiger partial charge >= 0.3 is 0 Å². The minimum absolute atomic E-state index is 0.130. The molecule has 1 aliphatic rings. The van der Waals surface area contributed by atoms with Gasteiger partial charge in [0.1, 0.15) is 6.10 Å². The number of ether oxygens (including phenoxy) is 1. The van der Waals surface area contributed by atoms with E-state index in [1.54, 1.807) is 0 Å². The molecule has 0 aromatic rings. The van der Waals surface area contributed by atoms with Crippen LogP contribution in [0.5, 0.6) is 0 Å². The minimum atomic E-state index is 0.130. The van der Waals surface area contributed by atoms with E-state index in [9.17, 15) is 0 Å². The smallest absolute Gasteiger partial charge is 0.107 e. The molecule has 0 saturated carbocycles.